The zero-order valence-corrected chi connectivity index (χ0v) is 16.3. The third-order valence-corrected chi connectivity index (χ3v) is 5.53. The minimum absolute atomic E-state index is 0.173. The molecule has 6 heteroatoms. The Labute approximate surface area is 169 Å². The number of aryl methyl sites for hydroxylation is 1. The average molecular weight is 395 g/mol. The van der Waals surface area contributed by atoms with Crippen LogP contribution in [0.4, 0.5) is 5.69 Å². The molecule has 3 rings (SSSR count). The summed E-state index contributed by atoms with van der Waals surface area (Å²) in [6, 6.07) is 15.8. The fraction of sp³-hybridized carbons (Fsp3) is 0.348. The van der Waals surface area contributed by atoms with Crippen molar-refractivity contribution in [3.8, 4) is 0 Å². The van der Waals surface area contributed by atoms with E-state index in [9.17, 15) is 24.6 Å². The lowest BCUT2D eigenvalue weighted by Crippen LogP contribution is -2.45. The van der Waals surface area contributed by atoms with Crippen LogP contribution in [0.25, 0.3) is 0 Å². The Morgan fingerprint density at radius 3 is 2.34 bits per heavy atom. The highest BCUT2D eigenvalue weighted by Gasteiger charge is 2.40. The van der Waals surface area contributed by atoms with Crippen LogP contribution in [0.1, 0.15) is 30.9 Å². The Morgan fingerprint density at radius 1 is 1.03 bits per heavy atom. The van der Waals surface area contributed by atoms with Crippen molar-refractivity contribution in [3.05, 3.63) is 65.7 Å². The van der Waals surface area contributed by atoms with Crippen LogP contribution in [0.3, 0.4) is 0 Å². The van der Waals surface area contributed by atoms with Crippen LogP contribution in [-0.4, -0.2) is 34.1 Å². The number of anilines is 1. The summed E-state index contributed by atoms with van der Waals surface area (Å²) in [4.78, 5) is 37.9. The number of benzene rings is 2. The molecule has 2 aromatic rings. The van der Waals surface area contributed by atoms with E-state index in [2.05, 4.69) is 0 Å². The van der Waals surface area contributed by atoms with Crippen molar-refractivity contribution in [1.82, 2.24) is 0 Å². The molecule has 2 N–H and O–H groups in total. The lowest BCUT2D eigenvalue weighted by molar-refractivity contribution is -0.143. The van der Waals surface area contributed by atoms with Crippen LogP contribution in [0.5, 0.6) is 0 Å². The number of aliphatic carboxylic acids is 2. The molecule has 152 valence electrons. The molecular weight excluding hydrogens is 370 g/mol. The second-order valence-corrected chi connectivity index (χ2v) is 7.59. The van der Waals surface area contributed by atoms with Crippen molar-refractivity contribution in [1.29, 1.82) is 0 Å². The van der Waals surface area contributed by atoms with Gasteiger partial charge in [-0.2, -0.15) is 0 Å². The zero-order valence-electron chi connectivity index (χ0n) is 16.3. The van der Waals surface area contributed by atoms with Gasteiger partial charge in [-0.05, 0) is 36.5 Å². The van der Waals surface area contributed by atoms with Gasteiger partial charge in [-0.25, -0.2) is 4.79 Å². The van der Waals surface area contributed by atoms with Crippen molar-refractivity contribution in [3.63, 3.8) is 0 Å². The van der Waals surface area contributed by atoms with E-state index in [4.69, 9.17) is 0 Å². The molecule has 1 aliphatic rings. The number of carboxylic acids is 2. The van der Waals surface area contributed by atoms with E-state index in [1.54, 1.807) is 19.1 Å². The maximum absolute atomic E-state index is 13.1. The zero-order chi connectivity index (χ0) is 21.0. The number of carbonyl (C=O) groups is 3. The van der Waals surface area contributed by atoms with Gasteiger partial charge in [-0.15, -0.1) is 0 Å². The van der Waals surface area contributed by atoms with Gasteiger partial charge in [0.05, 0.1) is 5.92 Å². The van der Waals surface area contributed by atoms with Crippen LogP contribution in [0.15, 0.2) is 54.6 Å². The summed E-state index contributed by atoms with van der Waals surface area (Å²) >= 11 is 0. The first-order valence-electron chi connectivity index (χ1n) is 9.79. The molecule has 6 nitrogen and oxygen atoms in total. The standard InChI is InChI=1S/C23H25NO5/c1-15(13-18(22(26)27)12-11-16-7-3-2-4-8-16)21(25)24-19-10-6-5-9-17(19)14-20(24)23(28)29/h2-10,15,18,20H,11-14H2,1H3,(H,26,27)(H,28,29)/t15-,18-,20+/m1/s1. The predicted octanol–water partition coefficient (Wildman–Crippen LogP) is 3.39. The Bertz CT molecular complexity index is 895. The summed E-state index contributed by atoms with van der Waals surface area (Å²) in [7, 11) is 0. The molecule has 0 aromatic heterocycles. The molecule has 1 amide bonds. The van der Waals surface area contributed by atoms with Gasteiger partial charge in [0.2, 0.25) is 5.91 Å². The Kier molecular flexibility index (Phi) is 6.32. The lowest BCUT2D eigenvalue weighted by Gasteiger charge is -2.27. The molecule has 0 aliphatic carbocycles. The van der Waals surface area contributed by atoms with Gasteiger partial charge in [0.15, 0.2) is 0 Å². The highest BCUT2D eigenvalue weighted by Crippen LogP contribution is 2.34. The van der Waals surface area contributed by atoms with Gasteiger partial charge >= 0.3 is 11.9 Å². The molecule has 1 heterocycles. The third-order valence-electron chi connectivity index (χ3n) is 5.53. The maximum atomic E-state index is 13.1. The lowest BCUT2D eigenvalue weighted by atomic mass is 9.89. The molecule has 0 saturated heterocycles. The van der Waals surface area contributed by atoms with Crippen molar-refractivity contribution >= 4 is 23.5 Å². The van der Waals surface area contributed by atoms with E-state index in [0.717, 1.165) is 11.1 Å². The number of carboxylic acid groups (broad SMARTS) is 2. The molecule has 0 radical (unpaired) electrons. The molecule has 0 fully saturated rings. The first kappa shape index (κ1) is 20.6. The van der Waals surface area contributed by atoms with Crippen LogP contribution >= 0.6 is 0 Å². The molecule has 0 saturated carbocycles. The Hall–Kier alpha value is -3.15. The fourth-order valence-electron chi connectivity index (χ4n) is 3.95. The smallest absolute Gasteiger partial charge is 0.327 e. The number of hydrogen-bond donors (Lipinski definition) is 2. The third kappa shape index (κ3) is 4.65. The number of rotatable bonds is 8. The molecule has 29 heavy (non-hydrogen) atoms. The summed E-state index contributed by atoms with van der Waals surface area (Å²) in [5.74, 6) is -3.60. The molecule has 2 aromatic carbocycles. The number of fused-ring (bicyclic) bond motifs is 1. The number of carbonyl (C=O) groups excluding carboxylic acids is 1. The van der Waals surface area contributed by atoms with Crippen LogP contribution in [-0.2, 0) is 27.2 Å². The van der Waals surface area contributed by atoms with Gasteiger partial charge in [-0.3, -0.25) is 14.5 Å². The molecule has 1 aliphatic heterocycles. The van der Waals surface area contributed by atoms with E-state index >= 15 is 0 Å². The monoisotopic (exact) mass is 395 g/mol. The first-order chi connectivity index (χ1) is 13.9. The highest BCUT2D eigenvalue weighted by molar-refractivity contribution is 6.03. The second kappa shape index (κ2) is 8.90. The predicted molar refractivity (Wildman–Crippen MR) is 109 cm³/mol. The summed E-state index contributed by atoms with van der Waals surface area (Å²) in [5.41, 5.74) is 2.48. The van der Waals surface area contributed by atoms with Gasteiger partial charge in [0.1, 0.15) is 6.04 Å². The minimum atomic E-state index is -1.05. The van der Waals surface area contributed by atoms with E-state index in [0.29, 0.717) is 18.5 Å². The van der Waals surface area contributed by atoms with E-state index < -0.39 is 29.8 Å². The summed E-state index contributed by atoms with van der Waals surface area (Å²) in [5, 5.41) is 19.2. The molecule has 0 spiro atoms. The van der Waals surface area contributed by atoms with Crippen LogP contribution in [0.2, 0.25) is 0 Å². The quantitative estimate of drug-likeness (QED) is 0.714. The Morgan fingerprint density at radius 2 is 1.69 bits per heavy atom. The van der Waals surface area contributed by atoms with Gasteiger partial charge in [0.25, 0.3) is 0 Å². The number of para-hydroxylation sites is 1. The first-order valence-corrected chi connectivity index (χ1v) is 9.79. The van der Waals surface area contributed by atoms with Crippen molar-refractivity contribution in [2.24, 2.45) is 11.8 Å². The summed E-state index contributed by atoms with van der Waals surface area (Å²) in [6.45, 7) is 1.68. The van der Waals surface area contributed by atoms with E-state index in [1.807, 2.05) is 42.5 Å². The number of amides is 1. The van der Waals surface area contributed by atoms with Gasteiger partial charge in [0, 0.05) is 18.0 Å². The average Bonchev–Trinajstić information content (AvgIpc) is 3.10. The van der Waals surface area contributed by atoms with E-state index in [1.165, 1.54) is 4.90 Å². The highest BCUT2D eigenvalue weighted by atomic mass is 16.4. The Balaban J connectivity index is 1.72. The number of nitrogens with zero attached hydrogens (tertiary/aromatic N) is 1. The van der Waals surface area contributed by atoms with Gasteiger partial charge < -0.3 is 10.2 Å². The largest absolute Gasteiger partial charge is 0.481 e. The van der Waals surface area contributed by atoms with Crippen LogP contribution < -0.4 is 4.90 Å². The fourth-order valence-corrected chi connectivity index (χ4v) is 3.95. The molecule has 3 atom stereocenters. The minimum Gasteiger partial charge on any atom is -0.481 e. The number of hydrogen-bond acceptors (Lipinski definition) is 3. The molecular formula is C23H25NO5. The topological polar surface area (TPSA) is 94.9 Å². The SMILES string of the molecule is C[C@H](C[C@@H](CCc1ccccc1)C(=O)O)C(=O)N1c2ccccc2C[C@H]1C(=O)O. The molecule has 0 bridgehead atoms. The van der Waals surface area contributed by atoms with E-state index in [-0.39, 0.29) is 18.7 Å². The maximum Gasteiger partial charge on any atom is 0.327 e. The molecule has 0 unspecified atom stereocenters. The normalized spacial score (nSPS) is 17.4. The summed E-state index contributed by atoms with van der Waals surface area (Å²) in [6.07, 6.45) is 1.48. The van der Waals surface area contributed by atoms with Crippen molar-refractivity contribution in [2.45, 2.75) is 38.6 Å². The summed E-state index contributed by atoms with van der Waals surface area (Å²) < 4.78 is 0. The second-order valence-electron chi connectivity index (χ2n) is 7.59. The van der Waals surface area contributed by atoms with Crippen molar-refractivity contribution in [2.75, 3.05) is 4.90 Å². The van der Waals surface area contributed by atoms with Crippen molar-refractivity contribution < 1.29 is 24.6 Å². The van der Waals surface area contributed by atoms with Gasteiger partial charge in [-0.1, -0.05) is 55.5 Å². The van der Waals surface area contributed by atoms with Crippen LogP contribution in [0, 0.1) is 11.8 Å².